The first kappa shape index (κ1) is 140. The second-order valence-corrected chi connectivity index (χ2v) is 69.4. The molecule has 43 heteroatoms. The molecule has 1 fully saturated rings. The number of rotatable bonds is 70. The van der Waals surface area contributed by atoms with Crippen molar-refractivity contribution in [3.8, 4) is 0 Å². The molecule has 17 atom stereocenters. The van der Waals surface area contributed by atoms with E-state index >= 15 is 0 Å². The first-order chi connectivity index (χ1) is 59.1. The fourth-order valence-electron chi connectivity index (χ4n) is 12.7. The quantitative estimate of drug-likeness (QED) is 0.0250. The monoisotopic (exact) mass is 2170 g/mol. The number of epoxide rings is 1. The van der Waals surface area contributed by atoms with Crippen LogP contribution in [0.15, 0.2) is 0 Å². The smallest absolute Gasteiger partial charge is 0.389 e. The lowest BCUT2D eigenvalue weighted by Crippen LogP contribution is -2.18. The molecule has 0 aromatic carbocycles. The molecule has 0 spiro atoms. The molecule has 1 heterocycles. The van der Waals surface area contributed by atoms with E-state index in [-0.39, 0.29) is 102 Å². The minimum Gasteiger partial charge on any atom is -0.393 e. The number of aliphatic hydroxyl groups excluding tert-OH is 2. The van der Waals surface area contributed by atoms with Crippen molar-refractivity contribution in [1.29, 1.82) is 0 Å². The Balaban J connectivity index is -0.000000888. The molecule has 0 aliphatic carbocycles. The Bertz CT molecular complexity index is 3020. The van der Waals surface area contributed by atoms with Crippen LogP contribution >= 0.6 is 135 Å². The summed E-state index contributed by atoms with van der Waals surface area (Å²) >= 11 is 15.3. The third-order valence-electron chi connectivity index (χ3n) is 16.4. The van der Waals surface area contributed by atoms with E-state index in [1.54, 1.807) is 69.2 Å². The topological polar surface area (TPSA) is 340 Å². The summed E-state index contributed by atoms with van der Waals surface area (Å²) < 4.78 is 192. The van der Waals surface area contributed by atoms with Gasteiger partial charge in [-0.15, -0.1) is 0 Å². The molecule has 27 nitrogen and oxygen atoms in total. The Labute approximate surface area is 828 Å². The molecule has 788 valence electrons. The molecule has 3 N–H and O–H groups in total. The number of hydrogen-bond donors (Lipinski definition) is 4. The summed E-state index contributed by atoms with van der Waals surface area (Å²) in [5.74, 6) is 5.13. The molecule has 0 amide bonds. The van der Waals surface area contributed by atoms with Gasteiger partial charge in [-0.2, -0.15) is 0 Å². The molecule has 1 rings (SSSR count). The van der Waals surface area contributed by atoms with Crippen LogP contribution in [0.25, 0.3) is 0 Å². The first-order valence-corrected chi connectivity index (χ1v) is 71.2. The van der Waals surface area contributed by atoms with Gasteiger partial charge in [0.2, 0.25) is 0 Å². The van der Waals surface area contributed by atoms with Gasteiger partial charge in [0.05, 0.1) is 123 Å². The lowest BCUT2D eigenvalue weighted by atomic mass is 10.1. The van der Waals surface area contributed by atoms with Crippen molar-refractivity contribution in [3.05, 3.63) is 0 Å². The van der Waals surface area contributed by atoms with E-state index in [1.165, 1.54) is 0 Å². The zero-order valence-electron chi connectivity index (χ0n) is 87.8. The van der Waals surface area contributed by atoms with Crippen LogP contribution in [0.5, 0.6) is 0 Å². The van der Waals surface area contributed by atoms with E-state index in [1.807, 2.05) is 69.2 Å². The fraction of sp³-hybridized carbons (Fsp3) is 1.00. The van der Waals surface area contributed by atoms with Gasteiger partial charge >= 0.3 is 54.3 Å². The number of hydrogen-bond acceptors (Lipinski definition) is 33. The van der Waals surface area contributed by atoms with Crippen molar-refractivity contribution >= 4 is 147 Å². The van der Waals surface area contributed by atoms with E-state index in [9.17, 15) is 47.1 Å². The highest BCUT2D eigenvalue weighted by atomic mass is 32.7. The fourth-order valence-corrected chi connectivity index (χ4v) is 41.9. The summed E-state index contributed by atoms with van der Waals surface area (Å²) in [4.78, 5) is 10.9. The van der Waals surface area contributed by atoms with Gasteiger partial charge in [0.15, 0.2) is 0 Å². The maximum absolute atomic E-state index is 14.1. The van der Waals surface area contributed by atoms with E-state index in [2.05, 4.69) is 158 Å². The van der Waals surface area contributed by atoms with E-state index in [4.69, 9.17) is 88.9 Å². The number of aliphatic hydroxyl groups is 2. The van der Waals surface area contributed by atoms with E-state index in [0.29, 0.717) is 71.0 Å². The van der Waals surface area contributed by atoms with Crippen LogP contribution in [-0.2, 0) is 121 Å². The molecule has 0 aromatic rings. The molecule has 0 saturated carbocycles. The maximum atomic E-state index is 14.1. The van der Waals surface area contributed by atoms with Gasteiger partial charge < -0.3 is 28.9 Å². The lowest BCUT2D eigenvalue weighted by molar-refractivity contribution is 0.118. The minimum atomic E-state index is -3.85. The standard InChI is InChI=1S/C33H71O10P3S3.C30H65O9P3S3.C15H33O4PS.C6H15O3PS.C3H6O/c1-23(2)16-28(10)38-44(35,39-29(11)17-24(3)4)48-21-32(14)42-46(37,47-20-27(9)34)43-33(15)22-49-45(36,40-30(12)18-25(5)6)41-31(13)19-26(7)8;1-21(2)15-25(9)36-41(32,37-26(10)16-22(3)4)44-19-29(13)34-40(31,43)35-30(14)20-45-42(33,38-27(11)17-23(5)6)39-28(12)18-24(7)8;1-11(2)8-14(6)18-20(17,21-10-13(5)16)19-15(7)9-12(3)4;1-5(2)8-10(7,11)9-6(3)4;1-3-2-4-3/h23-34H,16-22H2,1-15H3;21-30H,15-20H2,1-14H3,(H,31,43);11-16H,8-10H2,1-7H3;5-6H,1-4H3,(H,7,11);3H,2H2,1H3. The van der Waals surface area contributed by atoms with Crippen LogP contribution in [0.3, 0.4) is 0 Å². The zero-order chi connectivity index (χ0) is 102. The molecule has 0 bridgehead atoms. The second kappa shape index (κ2) is 72.3. The third kappa shape index (κ3) is 85.2. The van der Waals surface area contributed by atoms with Gasteiger partial charge in [-0.05, 0) is 349 Å². The van der Waals surface area contributed by atoms with Gasteiger partial charge in [0.1, 0.15) is 0 Å². The molecular formula is C87H190O27P8S8. The maximum Gasteiger partial charge on any atom is 0.389 e. The predicted octanol–water partition coefficient (Wildman–Crippen LogP) is 32.4. The van der Waals surface area contributed by atoms with Crippen molar-refractivity contribution in [2.75, 3.05) is 41.1 Å². The van der Waals surface area contributed by atoms with Crippen molar-refractivity contribution in [1.82, 2.24) is 0 Å². The Morgan fingerprint density at radius 1 is 0.262 bits per heavy atom. The van der Waals surface area contributed by atoms with Gasteiger partial charge in [0, 0.05) is 34.5 Å². The van der Waals surface area contributed by atoms with Crippen molar-refractivity contribution in [2.45, 2.75) is 464 Å². The SMILES string of the molecule is CC(C)CC(C)OP(=O)(OC(C)CC(C)C)SCC(C)O.CC(C)CC(C)OP(=O)(OC(C)CC(C)C)SCC(C)OP(=O)(OC(C)CSP(=O)(OC(C)CC(C)C)OC(C)CC(C)C)SCC(C)O.CC(C)CC(C)OP(=O)(OC(C)CC(C)C)SCC(C)OP(O)(=S)OC(C)CSP(=O)(OC(C)CC(C)C)OC(C)CC(C)C.CC(C)OP(=O)(S)OC(C)C.CC1CO1. The highest BCUT2D eigenvalue weighted by molar-refractivity contribution is 8.57. The molecule has 0 aromatic heterocycles. The van der Waals surface area contributed by atoms with Gasteiger partial charge in [-0.25, -0.2) is 32.0 Å². The summed E-state index contributed by atoms with van der Waals surface area (Å²) in [6.45, 7) is 53.0. The summed E-state index contributed by atoms with van der Waals surface area (Å²) in [7, 11) is 0. The number of thiol groups is 1. The summed E-state index contributed by atoms with van der Waals surface area (Å²) in [5.41, 5.74) is 0. The van der Waals surface area contributed by atoms with Crippen LogP contribution in [0.2, 0.25) is 0 Å². The molecule has 17 unspecified atom stereocenters. The number of ether oxygens (including phenoxy) is 1. The Morgan fingerprint density at radius 2 is 0.385 bits per heavy atom. The summed E-state index contributed by atoms with van der Waals surface area (Å²) in [6, 6.07) is 0. The third-order valence-corrected chi connectivity index (χ3v) is 44.6. The molecule has 1 saturated heterocycles. The second-order valence-electron chi connectivity index (χ2n) is 39.7. The average molecular weight is 2170 g/mol. The van der Waals surface area contributed by atoms with Crippen molar-refractivity contribution in [2.24, 2.45) is 59.2 Å². The van der Waals surface area contributed by atoms with Crippen LogP contribution in [0.1, 0.15) is 348 Å². The molecular weight excluding hydrogens is 1980 g/mol. The Hall–Kier alpha value is 3.91. The summed E-state index contributed by atoms with van der Waals surface area (Å²) in [6.07, 6.45) is 1.74. The van der Waals surface area contributed by atoms with Crippen molar-refractivity contribution in [3.63, 3.8) is 0 Å². The van der Waals surface area contributed by atoms with Gasteiger partial charge in [-0.3, -0.25) is 63.3 Å². The Kier molecular flexibility index (Phi) is 77.9. The van der Waals surface area contributed by atoms with Crippen LogP contribution in [0, 0.1) is 59.2 Å². The highest BCUT2D eigenvalue weighted by Crippen LogP contribution is 2.70. The molecule has 1 aliphatic heterocycles. The normalized spacial score (nSPS) is 20.5. The predicted molar refractivity (Wildman–Crippen MR) is 567 cm³/mol. The molecule has 0 radical (unpaired) electrons. The average Bonchev–Trinajstić information content (AvgIpc) is 1.01. The molecule has 1 aliphatic rings. The van der Waals surface area contributed by atoms with Gasteiger partial charge in [-0.1, -0.05) is 151 Å². The highest BCUT2D eigenvalue weighted by Gasteiger charge is 2.41. The van der Waals surface area contributed by atoms with E-state index in [0.717, 1.165) is 139 Å². The van der Waals surface area contributed by atoms with Crippen molar-refractivity contribution < 1.29 is 124 Å². The Morgan fingerprint density at radius 3 is 0.500 bits per heavy atom. The lowest BCUT2D eigenvalue weighted by Gasteiger charge is -2.29. The van der Waals surface area contributed by atoms with E-state index < -0.39 is 90.9 Å². The van der Waals surface area contributed by atoms with Crippen LogP contribution in [-0.4, -0.2) is 172 Å². The van der Waals surface area contributed by atoms with Gasteiger partial charge in [0.25, 0.3) is 0 Å². The molecule has 130 heavy (non-hydrogen) atoms. The zero-order valence-corrected chi connectivity index (χ0v) is 102. The minimum absolute atomic E-state index is 0.116. The first-order valence-electron chi connectivity index (χ1n) is 47.1. The van der Waals surface area contributed by atoms with Crippen LogP contribution < -0.4 is 0 Å². The summed E-state index contributed by atoms with van der Waals surface area (Å²) in [5, 5.41) is 19.4. The van der Waals surface area contributed by atoms with Crippen LogP contribution in [0.4, 0.5) is 0 Å². The largest absolute Gasteiger partial charge is 0.393 e.